The van der Waals surface area contributed by atoms with Gasteiger partial charge < -0.3 is 11.1 Å². The van der Waals surface area contributed by atoms with Gasteiger partial charge in [0.25, 0.3) is 5.91 Å². The third-order valence-electron chi connectivity index (χ3n) is 3.55. The lowest BCUT2D eigenvalue weighted by molar-refractivity contribution is 0.0934. The van der Waals surface area contributed by atoms with E-state index in [2.05, 4.69) is 5.32 Å². The summed E-state index contributed by atoms with van der Waals surface area (Å²) in [4.78, 5) is 13.8. The normalized spacial score (nSPS) is 22.2. The molecule has 5 heteroatoms. The minimum absolute atomic E-state index is 0.0409. The van der Waals surface area contributed by atoms with Crippen LogP contribution < -0.4 is 11.1 Å². The van der Waals surface area contributed by atoms with Crippen molar-refractivity contribution in [1.29, 1.82) is 0 Å². The number of nitrogens with two attached hydrogens (primary N) is 1. The highest BCUT2D eigenvalue weighted by atomic mass is 32.2. The Labute approximate surface area is 123 Å². The fourth-order valence-corrected chi connectivity index (χ4v) is 3.16. The van der Waals surface area contributed by atoms with Gasteiger partial charge in [0.2, 0.25) is 0 Å². The number of thioether (sulfide) groups is 1. The number of rotatable bonds is 4. The summed E-state index contributed by atoms with van der Waals surface area (Å²) in [7, 11) is 0. The van der Waals surface area contributed by atoms with Crippen LogP contribution in [0.5, 0.6) is 0 Å². The number of hydrogen-bond donors (Lipinski definition) is 2. The van der Waals surface area contributed by atoms with Gasteiger partial charge in [-0.2, -0.15) is 0 Å². The fourth-order valence-electron chi connectivity index (χ4n) is 2.47. The summed E-state index contributed by atoms with van der Waals surface area (Å²) in [6.45, 7) is 0. The molecule has 0 spiro atoms. The van der Waals surface area contributed by atoms with E-state index >= 15 is 0 Å². The number of benzene rings is 1. The number of carbonyl (C=O) groups is 1. The van der Waals surface area contributed by atoms with Crippen LogP contribution in [0.25, 0.3) is 0 Å². The summed E-state index contributed by atoms with van der Waals surface area (Å²) in [6.07, 6.45) is 5.01. The molecule has 0 radical (unpaired) electrons. The minimum Gasteiger partial charge on any atom is -0.393 e. The summed E-state index contributed by atoms with van der Waals surface area (Å²) in [6, 6.07) is 7.71. The highest BCUT2D eigenvalue weighted by Crippen LogP contribution is 2.26. The summed E-state index contributed by atoms with van der Waals surface area (Å²) in [5.41, 5.74) is 6.40. The monoisotopic (exact) mass is 294 g/mol. The lowest BCUT2D eigenvalue weighted by Crippen LogP contribution is -2.41. The first-order chi connectivity index (χ1) is 9.11. The zero-order valence-electron chi connectivity index (χ0n) is 10.9. The second-order valence-corrected chi connectivity index (χ2v) is 6.10. The molecule has 1 aliphatic carbocycles. The molecule has 1 aromatic rings. The largest absolute Gasteiger partial charge is 0.393 e. The van der Waals surface area contributed by atoms with E-state index < -0.39 is 0 Å². The highest BCUT2D eigenvalue weighted by molar-refractivity contribution is 7.98. The van der Waals surface area contributed by atoms with Crippen molar-refractivity contribution in [3.8, 4) is 0 Å². The molecule has 0 aromatic heterocycles. The summed E-state index contributed by atoms with van der Waals surface area (Å²) < 4.78 is 0. The number of thiocarbonyl (C=S) groups is 1. The molecule has 2 rings (SSSR count). The van der Waals surface area contributed by atoms with Crippen LogP contribution >= 0.6 is 24.0 Å². The van der Waals surface area contributed by atoms with E-state index in [9.17, 15) is 4.79 Å². The van der Waals surface area contributed by atoms with Gasteiger partial charge >= 0.3 is 0 Å². The lowest BCUT2D eigenvalue weighted by Gasteiger charge is -2.19. The Balaban J connectivity index is 2.01. The van der Waals surface area contributed by atoms with E-state index in [1.165, 1.54) is 0 Å². The van der Waals surface area contributed by atoms with Crippen LogP contribution in [-0.2, 0) is 0 Å². The van der Waals surface area contributed by atoms with Crippen LogP contribution in [0.4, 0.5) is 0 Å². The predicted molar refractivity (Wildman–Crippen MR) is 83.6 cm³/mol. The van der Waals surface area contributed by atoms with E-state index in [4.69, 9.17) is 18.0 Å². The molecule has 1 amide bonds. The molecule has 0 aliphatic heterocycles. The van der Waals surface area contributed by atoms with Crippen molar-refractivity contribution in [3.63, 3.8) is 0 Å². The average Bonchev–Trinajstić information content (AvgIpc) is 2.87. The molecule has 1 aromatic carbocycles. The summed E-state index contributed by atoms with van der Waals surface area (Å²) in [5.74, 6) is 0.102. The summed E-state index contributed by atoms with van der Waals surface area (Å²) >= 11 is 6.72. The molecule has 19 heavy (non-hydrogen) atoms. The van der Waals surface area contributed by atoms with E-state index in [0.717, 1.165) is 24.2 Å². The maximum absolute atomic E-state index is 12.2. The van der Waals surface area contributed by atoms with Crippen LogP contribution in [0.3, 0.4) is 0 Å². The standard InChI is InChI=1S/C14H18N2OS2/c1-19-10-7-5-9(6-8-10)14(17)16-12-4-2-3-11(12)13(15)18/h5-8,11-12H,2-4H2,1H3,(H2,15,18)(H,16,17). The van der Waals surface area contributed by atoms with Crippen molar-refractivity contribution in [2.45, 2.75) is 30.2 Å². The SMILES string of the molecule is CSc1ccc(C(=O)NC2CCCC2C(N)=S)cc1. The Morgan fingerprint density at radius 3 is 2.63 bits per heavy atom. The summed E-state index contributed by atoms with van der Waals surface area (Å²) in [5, 5.41) is 3.05. The van der Waals surface area contributed by atoms with Crippen LogP contribution in [0.1, 0.15) is 29.6 Å². The van der Waals surface area contributed by atoms with E-state index in [1.54, 1.807) is 11.8 Å². The molecular formula is C14H18N2OS2. The first-order valence-corrected chi connectivity index (χ1v) is 7.99. The van der Waals surface area contributed by atoms with Crippen molar-refractivity contribution >= 4 is 34.9 Å². The van der Waals surface area contributed by atoms with Crippen molar-refractivity contribution < 1.29 is 4.79 Å². The van der Waals surface area contributed by atoms with Crippen LogP contribution in [0, 0.1) is 5.92 Å². The Bertz CT molecular complexity index is 473. The van der Waals surface area contributed by atoms with Gasteiger partial charge in [-0.15, -0.1) is 11.8 Å². The maximum atomic E-state index is 12.2. The third-order valence-corrected chi connectivity index (χ3v) is 4.60. The van der Waals surface area contributed by atoms with Gasteiger partial charge in [-0.25, -0.2) is 0 Å². The van der Waals surface area contributed by atoms with Crippen molar-refractivity contribution in [2.75, 3.05) is 6.26 Å². The van der Waals surface area contributed by atoms with Gasteiger partial charge in [0.15, 0.2) is 0 Å². The molecule has 0 bridgehead atoms. The van der Waals surface area contributed by atoms with Crippen molar-refractivity contribution in [3.05, 3.63) is 29.8 Å². The third kappa shape index (κ3) is 3.48. The molecule has 1 saturated carbocycles. The smallest absolute Gasteiger partial charge is 0.251 e. The van der Waals surface area contributed by atoms with Gasteiger partial charge in [0.1, 0.15) is 0 Å². The molecule has 0 heterocycles. The van der Waals surface area contributed by atoms with Crippen LogP contribution in [0.2, 0.25) is 0 Å². The Hall–Kier alpha value is -1.07. The van der Waals surface area contributed by atoms with Crippen molar-refractivity contribution in [2.24, 2.45) is 11.7 Å². The van der Waals surface area contributed by atoms with E-state index in [0.29, 0.717) is 10.6 Å². The topological polar surface area (TPSA) is 55.1 Å². The lowest BCUT2D eigenvalue weighted by atomic mass is 10.0. The zero-order valence-corrected chi connectivity index (χ0v) is 12.5. The molecule has 2 unspecified atom stereocenters. The molecule has 2 atom stereocenters. The Kier molecular flexibility index (Phi) is 4.82. The number of amides is 1. The number of hydrogen-bond acceptors (Lipinski definition) is 3. The van der Waals surface area contributed by atoms with Crippen LogP contribution in [0.15, 0.2) is 29.2 Å². The molecule has 1 fully saturated rings. The predicted octanol–water partition coefficient (Wildman–Crippen LogP) is 2.59. The second-order valence-electron chi connectivity index (χ2n) is 4.75. The van der Waals surface area contributed by atoms with Gasteiger partial charge in [0, 0.05) is 22.4 Å². The molecule has 3 N–H and O–H groups in total. The molecular weight excluding hydrogens is 276 g/mol. The van der Waals surface area contributed by atoms with Crippen molar-refractivity contribution in [1.82, 2.24) is 5.32 Å². The van der Waals surface area contributed by atoms with E-state index in [-0.39, 0.29) is 17.9 Å². The number of carbonyl (C=O) groups excluding carboxylic acids is 1. The maximum Gasteiger partial charge on any atom is 0.251 e. The Morgan fingerprint density at radius 1 is 1.37 bits per heavy atom. The fraction of sp³-hybridized carbons (Fsp3) is 0.429. The van der Waals surface area contributed by atoms with Gasteiger partial charge in [-0.05, 0) is 43.4 Å². The minimum atomic E-state index is -0.0409. The molecule has 3 nitrogen and oxygen atoms in total. The number of nitrogens with one attached hydrogen (secondary N) is 1. The molecule has 0 saturated heterocycles. The highest BCUT2D eigenvalue weighted by Gasteiger charge is 2.30. The molecule has 1 aliphatic rings. The Morgan fingerprint density at radius 2 is 2.05 bits per heavy atom. The quantitative estimate of drug-likeness (QED) is 0.662. The van der Waals surface area contributed by atoms with Gasteiger partial charge in [-0.1, -0.05) is 18.6 Å². The van der Waals surface area contributed by atoms with Crippen LogP contribution in [-0.4, -0.2) is 23.2 Å². The van der Waals surface area contributed by atoms with Gasteiger partial charge in [-0.3, -0.25) is 4.79 Å². The zero-order chi connectivity index (χ0) is 13.8. The first kappa shape index (κ1) is 14.3. The van der Waals surface area contributed by atoms with Gasteiger partial charge in [0.05, 0.1) is 4.99 Å². The molecule has 102 valence electrons. The van der Waals surface area contributed by atoms with E-state index in [1.807, 2.05) is 30.5 Å². The first-order valence-electron chi connectivity index (χ1n) is 6.36. The average molecular weight is 294 g/mol. The second kappa shape index (κ2) is 6.39.